The van der Waals surface area contributed by atoms with E-state index < -0.39 is 6.23 Å². The van der Waals surface area contributed by atoms with Crippen molar-refractivity contribution in [2.75, 3.05) is 6.54 Å². The van der Waals surface area contributed by atoms with Crippen molar-refractivity contribution in [3.05, 3.63) is 11.1 Å². The van der Waals surface area contributed by atoms with Gasteiger partial charge in [0, 0.05) is 19.0 Å². The first-order valence-electron chi connectivity index (χ1n) is 5.64. The summed E-state index contributed by atoms with van der Waals surface area (Å²) >= 11 is 0. The molecule has 0 aliphatic carbocycles. The van der Waals surface area contributed by atoms with Gasteiger partial charge in [0.1, 0.15) is 0 Å². The summed E-state index contributed by atoms with van der Waals surface area (Å²) in [4.78, 5) is 24.5. The Bertz CT molecular complexity index is 333. The summed E-state index contributed by atoms with van der Waals surface area (Å²) in [5.41, 5.74) is 1.54. The lowest BCUT2D eigenvalue weighted by molar-refractivity contribution is -0.155. The van der Waals surface area contributed by atoms with Crippen LogP contribution in [0.3, 0.4) is 0 Å². The highest BCUT2D eigenvalue weighted by molar-refractivity contribution is 5.97. The molecule has 4 nitrogen and oxygen atoms in total. The first-order valence-corrected chi connectivity index (χ1v) is 5.64. The second kappa shape index (κ2) is 5.14. The molecule has 1 unspecified atom stereocenters. The minimum Gasteiger partial charge on any atom is -0.438 e. The topological polar surface area (TPSA) is 46.6 Å². The van der Waals surface area contributed by atoms with E-state index in [0.29, 0.717) is 12.1 Å². The molecule has 0 saturated carbocycles. The maximum atomic E-state index is 11.9. The van der Waals surface area contributed by atoms with Crippen LogP contribution in [0, 0.1) is 0 Å². The molecular weight excluding hydrogens is 206 g/mol. The van der Waals surface area contributed by atoms with Crippen LogP contribution in [0.4, 0.5) is 0 Å². The fraction of sp³-hybridized carbons (Fsp3) is 0.667. The number of nitrogens with zero attached hydrogens (tertiary/aromatic N) is 1. The lowest BCUT2D eigenvalue weighted by Gasteiger charge is -2.25. The third kappa shape index (κ3) is 2.43. The second-order valence-corrected chi connectivity index (χ2v) is 4.12. The van der Waals surface area contributed by atoms with Crippen LogP contribution in [0.5, 0.6) is 0 Å². The molecule has 90 valence electrons. The van der Waals surface area contributed by atoms with Crippen molar-refractivity contribution >= 4 is 11.9 Å². The fourth-order valence-electron chi connectivity index (χ4n) is 1.77. The number of carbonyl (C=O) groups is 2. The molecule has 0 saturated heterocycles. The lowest BCUT2D eigenvalue weighted by Crippen LogP contribution is -2.38. The molecule has 0 bridgehead atoms. The minimum atomic E-state index is -0.489. The zero-order valence-electron chi connectivity index (χ0n) is 10.4. The van der Waals surface area contributed by atoms with Crippen LogP contribution in [-0.4, -0.2) is 29.5 Å². The first-order chi connectivity index (χ1) is 7.49. The largest absolute Gasteiger partial charge is 0.438 e. The summed E-state index contributed by atoms with van der Waals surface area (Å²) in [6.07, 6.45) is 1.44. The second-order valence-electron chi connectivity index (χ2n) is 4.12. The van der Waals surface area contributed by atoms with Gasteiger partial charge in [0.25, 0.3) is 5.91 Å². The molecule has 0 aromatic rings. The smallest absolute Gasteiger partial charge is 0.304 e. The van der Waals surface area contributed by atoms with E-state index in [1.807, 2.05) is 6.92 Å². The van der Waals surface area contributed by atoms with Crippen LogP contribution in [0.1, 0.15) is 40.5 Å². The van der Waals surface area contributed by atoms with E-state index in [1.54, 1.807) is 11.8 Å². The Kier molecular flexibility index (Phi) is 4.10. The van der Waals surface area contributed by atoms with Gasteiger partial charge in [-0.05, 0) is 25.8 Å². The summed E-state index contributed by atoms with van der Waals surface area (Å²) in [6, 6.07) is 0. The number of hydrogen-bond acceptors (Lipinski definition) is 3. The third-order valence-corrected chi connectivity index (χ3v) is 2.86. The molecule has 1 aliphatic rings. The van der Waals surface area contributed by atoms with Crippen molar-refractivity contribution in [2.45, 2.75) is 46.8 Å². The summed E-state index contributed by atoms with van der Waals surface area (Å²) in [7, 11) is 0. The summed E-state index contributed by atoms with van der Waals surface area (Å²) < 4.78 is 5.18. The molecule has 1 heterocycles. The highest BCUT2D eigenvalue weighted by atomic mass is 16.6. The quantitative estimate of drug-likeness (QED) is 0.686. The van der Waals surface area contributed by atoms with Gasteiger partial charge in [0.2, 0.25) is 6.23 Å². The van der Waals surface area contributed by atoms with Gasteiger partial charge in [-0.3, -0.25) is 14.5 Å². The van der Waals surface area contributed by atoms with Gasteiger partial charge in [-0.1, -0.05) is 13.3 Å². The Morgan fingerprint density at radius 1 is 1.44 bits per heavy atom. The van der Waals surface area contributed by atoms with E-state index in [4.69, 9.17) is 4.74 Å². The van der Waals surface area contributed by atoms with E-state index in [1.165, 1.54) is 6.92 Å². The molecule has 4 heteroatoms. The number of esters is 1. The van der Waals surface area contributed by atoms with Crippen LogP contribution in [0.15, 0.2) is 11.1 Å². The standard InChI is InChI=1S/C12H19NO3/c1-5-6-7-13-11(15)8(2)9(3)12(13)16-10(4)14/h12H,5-7H2,1-4H3. The predicted molar refractivity (Wildman–Crippen MR) is 60.5 cm³/mol. The molecule has 1 rings (SSSR count). The van der Waals surface area contributed by atoms with Crippen molar-refractivity contribution in [3.8, 4) is 0 Å². The van der Waals surface area contributed by atoms with Crippen LogP contribution in [0.2, 0.25) is 0 Å². The fourth-order valence-corrected chi connectivity index (χ4v) is 1.77. The van der Waals surface area contributed by atoms with Gasteiger partial charge >= 0.3 is 5.97 Å². The number of ether oxygens (including phenoxy) is 1. The van der Waals surface area contributed by atoms with Crippen LogP contribution >= 0.6 is 0 Å². The SMILES string of the molecule is CCCCN1C(=O)C(C)=C(C)C1OC(C)=O. The zero-order valence-corrected chi connectivity index (χ0v) is 10.4. The van der Waals surface area contributed by atoms with E-state index in [2.05, 4.69) is 6.92 Å². The van der Waals surface area contributed by atoms with E-state index in [-0.39, 0.29) is 11.9 Å². The minimum absolute atomic E-state index is 0.0165. The van der Waals surface area contributed by atoms with Crippen molar-refractivity contribution in [1.82, 2.24) is 4.90 Å². The van der Waals surface area contributed by atoms with Crippen molar-refractivity contribution in [3.63, 3.8) is 0 Å². The number of rotatable bonds is 4. The molecule has 0 spiro atoms. The van der Waals surface area contributed by atoms with Crippen molar-refractivity contribution in [2.24, 2.45) is 0 Å². The molecule has 0 radical (unpaired) electrons. The van der Waals surface area contributed by atoms with Crippen molar-refractivity contribution in [1.29, 1.82) is 0 Å². The normalized spacial score (nSPS) is 20.6. The van der Waals surface area contributed by atoms with Gasteiger partial charge < -0.3 is 4.74 Å². The van der Waals surface area contributed by atoms with E-state index in [0.717, 1.165) is 18.4 Å². The van der Waals surface area contributed by atoms with Gasteiger partial charge in [-0.15, -0.1) is 0 Å². The first kappa shape index (κ1) is 12.7. The molecule has 1 amide bonds. The summed E-state index contributed by atoms with van der Waals surface area (Å²) in [5, 5.41) is 0. The highest BCUT2D eigenvalue weighted by Crippen LogP contribution is 2.26. The maximum Gasteiger partial charge on any atom is 0.304 e. The van der Waals surface area contributed by atoms with E-state index in [9.17, 15) is 9.59 Å². The Labute approximate surface area is 96.3 Å². The van der Waals surface area contributed by atoms with Crippen molar-refractivity contribution < 1.29 is 14.3 Å². The van der Waals surface area contributed by atoms with Gasteiger partial charge in [0.15, 0.2) is 0 Å². The number of unbranched alkanes of at least 4 members (excludes halogenated alkanes) is 1. The average molecular weight is 225 g/mol. The monoisotopic (exact) mass is 225 g/mol. The summed E-state index contributed by atoms with van der Waals surface area (Å²) in [6.45, 7) is 7.69. The number of amides is 1. The van der Waals surface area contributed by atoms with Gasteiger partial charge in [-0.25, -0.2) is 0 Å². The molecular formula is C12H19NO3. The zero-order chi connectivity index (χ0) is 12.3. The Balaban J connectivity index is 2.82. The molecule has 0 aromatic heterocycles. The van der Waals surface area contributed by atoms with Crippen LogP contribution in [0.25, 0.3) is 0 Å². The Morgan fingerprint density at radius 3 is 2.56 bits per heavy atom. The summed E-state index contributed by atoms with van der Waals surface area (Å²) in [5.74, 6) is -0.370. The van der Waals surface area contributed by atoms with Gasteiger partial charge in [0.05, 0.1) is 0 Å². The number of hydrogen-bond donors (Lipinski definition) is 0. The van der Waals surface area contributed by atoms with E-state index >= 15 is 0 Å². The van der Waals surface area contributed by atoms with Gasteiger partial charge in [-0.2, -0.15) is 0 Å². The predicted octanol–water partition coefficient (Wildman–Crippen LogP) is 1.85. The maximum absolute atomic E-state index is 11.9. The van der Waals surface area contributed by atoms with Crippen LogP contribution < -0.4 is 0 Å². The Morgan fingerprint density at radius 2 is 2.06 bits per heavy atom. The molecule has 16 heavy (non-hydrogen) atoms. The molecule has 0 fully saturated rings. The number of carbonyl (C=O) groups excluding carboxylic acids is 2. The third-order valence-electron chi connectivity index (χ3n) is 2.86. The Hall–Kier alpha value is -1.32. The molecule has 1 aliphatic heterocycles. The average Bonchev–Trinajstić information content (AvgIpc) is 2.41. The molecule has 1 atom stereocenters. The molecule has 0 N–H and O–H groups in total. The molecule has 0 aromatic carbocycles. The lowest BCUT2D eigenvalue weighted by atomic mass is 10.2. The highest BCUT2D eigenvalue weighted by Gasteiger charge is 2.36. The van der Waals surface area contributed by atoms with Crippen LogP contribution in [-0.2, 0) is 14.3 Å².